The number of nitrogens with zero attached hydrogens (tertiary/aromatic N) is 2. The zero-order valence-corrected chi connectivity index (χ0v) is 9.68. The Morgan fingerprint density at radius 1 is 1.25 bits per heavy atom. The molecule has 2 rings (SSSR count). The highest BCUT2D eigenvalue weighted by Crippen LogP contribution is 2.24. The molecule has 1 aliphatic rings. The molecule has 0 saturated heterocycles. The summed E-state index contributed by atoms with van der Waals surface area (Å²) in [7, 11) is 0. The van der Waals surface area contributed by atoms with Gasteiger partial charge in [0.05, 0.1) is 6.61 Å². The molecule has 3 nitrogen and oxygen atoms in total. The maximum absolute atomic E-state index is 9.05. The fraction of sp³-hybridized carbons (Fsp3) is 0.615. The largest absolute Gasteiger partial charge is 0.395 e. The van der Waals surface area contributed by atoms with Gasteiger partial charge in [-0.05, 0) is 37.0 Å². The summed E-state index contributed by atoms with van der Waals surface area (Å²) >= 11 is 0. The van der Waals surface area contributed by atoms with E-state index in [1.165, 1.54) is 24.8 Å². The average molecular weight is 220 g/mol. The minimum atomic E-state index is 0.271. The molecule has 1 aromatic heterocycles. The second-order valence-electron chi connectivity index (χ2n) is 4.45. The van der Waals surface area contributed by atoms with E-state index in [1.54, 1.807) is 0 Å². The number of aromatic nitrogens is 1. The van der Waals surface area contributed by atoms with Crippen molar-refractivity contribution in [1.29, 1.82) is 0 Å². The molecule has 0 aliphatic heterocycles. The molecule has 1 N–H and O–H groups in total. The Hall–Kier alpha value is -0.930. The summed E-state index contributed by atoms with van der Waals surface area (Å²) in [6, 6.07) is 4.85. The zero-order chi connectivity index (χ0) is 11.2. The lowest BCUT2D eigenvalue weighted by atomic mass is 9.91. The molecule has 0 amide bonds. The summed E-state index contributed by atoms with van der Waals surface area (Å²) in [4.78, 5) is 6.44. The monoisotopic (exact) mass is 220 g/mol. The molecule has 1 aromatic rings. The Morgan fingerprint density at radius 2 is 2.00 bits per heavy atom. The van der Waals surface area contributed by atoms with Crippen molar-refractivity contribution in [3.8, 4) is 0 Å². The molecule has 0 spiro atoms. The van der Waals surface area contributed by atoms with E-state index >= 15 is 0 Å². The van der Waals surface area contributed by atoms with Crippen LogP contribution in [0.5, 0.6) is 0 Å². The molecule has 1 saturated carbocycles. The van der Waals surface area contributed by atoms with E-state index in [4.69, 9.17) is 5.11 Å². The number of pyridine rings is 1. The van der Waals surface area contributed by atoms with E-state index in [2.05, 4.69) is 22.0 Å². The molecular formula is C13H20N2O. The van der Waals surface area contributed by atoms with E-state index in [-0.39, 0.29) is 6.61 Å². The first-order chi connectivity index (χ1) is 7.90. The lowest BCUT2D eigenvalue weighted by molar-refractivity contribution is 0.103. The SMILES string of the molecule is OCCN(CCc1ccncc1)C1CCC1. The van der Waals surface area contributed by atoms with Crippen LogP contribution in [0.4, 0.5) is 0 Å². The van der Waals surface area contributed by atoms with Crippen LogP contribution in [-0.2, 0) is 6.42 Å². The van der Waals surface area contributed by atoms with Gasteiger partial charge in [0.1, 0.15) is 0 Å². The molecule has 0 unspecified atom stereocenters. The minimum Gasteiger partial charge on any atom is -0.395 e. The van der Waals surface area contributed by atoms with Crippen molar-refractivity contribution in [1.82, 2.24) is 9.88 Å². The van der Waals surface area contributed by atoms with Crippen molar-refractivity contribution in [2.24, 2.45) is 0 Å². The number of hydrogen-bond acceptors (Lipinski definition) is 3. The van der Waals surface area contributed by atoms with Gasteiger partial charge in [-0.1, -0.05) is 6.42 Å². The van der Waals surface area contributed by atoms with E-state index in [1.807, 2.05) is 12.4 Å². The van der Waals surface area contributed by atoms with Crippen molar-refractivity contribution >= 4 is 0 Å². The van der Waals surface area contributed by atoms with Crippen molar-refractivity contribution in [3.05, 3.63) is 30.1 Å². The van der Waals surface area contributed by atoms with Gasteiger partial charge in [0.15, 0.2) is 0 Å². The molecule has 0 radical (unpaired) electrons. The Balaban J connectivity index is 1.81. The van der Waals surface area contributed by atoms with Gasteiger partial charge in [0.2, 0.25) is 0 Å². The first-order valence-electron chi connectivity index (χ1n) is 6.14. The standard InChI is InChI=1S/C13H20N2O/c16-11-10-15(13-2-1-3-13)9-6-12-4-7-14-8-5-12/h4-5,7-8,13,16H,1-3,6,9-11H2. The highest BCUT2D eigenvalue weighted by Gasteiger charge is 2.23. The Bertz CT molecular complexity index is 298. The molecule has 0 aromatic carbocycles. The van der Waals surface area contributed by atoms with Gasteiger partial charge in [-0.3, -0.25) is 9.88 Å². The quantitative estimate of drug-likeness (QED) is 0.788. The number of aliphatic hydroxyl groups is 1. The lowest BCUT2D eigenvalue weighted by Gasteiger charge is -2.37. The average Bonchev–Trinajstić information content (AvgIpc) is 2.25. The summed E-state index contributed by atoms with van der Waals surface area (Å²) in [6.07, 6.45) is 8.69. The van der Waals surface area contributed by atoms with Gasteiger partial charge in [-0.2, -0.15) is 0 Å². The second kappa shape index (κ2) is 5.97. The van der Waals surface area contributed by atoms with Gasteiger partial charge in [0, 0.05) is 31.5 Å². The maximum atomic E-state index is 9.05. The molecule has 1 aliphatic carbocycles. The molecule has 88 valence electrons. The van der Waals surface area contributed by atoms with Crippen molar-refractivity contribution in [3.63, 3.8) is 0 Å². The van der Waals surface area contributed by atoms with E-state index < -0.39 is 0 Å². The molecule has 1 heterocycles. The van der Waals surface area contributed by atoms with Crippen LogP contribution >= 0.6 is 0 Å². The molecule has 0 atom stereocenters. The fourth-order valence-electron chi connectivity index (χ4n) is 2.18. The summed E-state index contributed by atoms with van der Waals surface area (Å²) in [6.45, 7) is 2.14. The van der Waals surface area contributed by atoms with Gasteiger partial charge in [-0.25, -0.2) is 0 Å². The van der Waals surface area contributed by atoms with Crippen LogP contribution in [0.2, 0.25) is 0 Å². The van der Waals surface area contributed by atoms with Crippen LogP contribution in [-0.4, -0.2) is 40.7 Å². The third-order valence-electron chi connectivity index (χ3n) is 3.42. The molecule has 16 heavy (non-hydrogen) atoms. The minimum absolute atomic E-state index is 0.271. The summed E-state index contributed by atoms with van der Waals surface area (Å²) in [5.74, 6) is 0. The Morgan fingerprint density at radius 3 is 2.56 bits per heavy atom. The number of aliphatic hydroxyl groups excluding tert-OH is 1. The van der Waals surface area contributed by atoms with Gasteiger partial charge in [-0.15, -0.1) is 0 Å². The lowest BCUT2D eigenvalue weighted by Crippen LogP contribution is -2.42. The van der Waals surface area contributed by atoms with E-state index in [9.17, 15) is 0 Å². The highest BCUT2D eigenvalue weighted by molar-refractivity contribution is 5.10. The fourth-order valence-corrected chi connectivity index (χ4v) is 2.18. The van der Waals surface area contributed by atoms with Crippen LogP contribution in [0.25, 0.3) is 0 Å². The Kier molecular flexibility index (Phi) is 4.31. The van der Waals surface area contributed by atoms with Gasteiger partial charge < -0.3 is 5.11 Å². The molecule has 1 fully saturated rings. The third-order valence-corrected chi connectivity index (χ3v) is 3.42. The van der Waals surface area contributed by atoms with Gasteiger partial charge in [0.25, 0.3) is 0 Å². The first-order valence-corrected chi connectivity index (χ1v) is 6.14. The van der Waals surface area contributed by atoms with Crippen LogP contribution in [0.15, 0.2) is 24.5 Å². The highest BCUT2D eigenvalue weighted by atomic mass is 16.3. The number of rotatable bonds is 6. The maximum Gasteiger partial charge on any atom is 0.0558 e. The van der Waals surface area contributed by atoms with E-state index in [0.717, 1.165) is 19.5 Å². The second-order valence-corrected chi connectivity index (χ2v) is 4.45. The summed E-state index contributed by atoms with van der Waals surface area (Å²) in [5, 5.41) is 9.05. The van der Waals surface area contributed by atoms with Crippen molar-refractivity contribution in [2.45, 2.75) is 31.7 Å². The smallest absolute Gasteiger partial charge is 0.0558 e. The van der Waals surface area contributed by atoms with Crippen LogP contribution in [0, 0.1) is 0 Å². The van der Waals surface area contributed by atoms with Crippen LogP contribution in [0.3, 0.4) is 0 Å². The number of hydrogen-bond donors (Lipinski definition) is 1. The predicted octanol–water partition coefficient (Wildman–Crippen LogP) is 1.47. The molecule has 3 heteroatoms. The topological polar surface area (TPSA) is 36.4 Å². The van der Waals surface area contributed by atoms with Crippen molar-refractivity contribution < 1.29 is 5.11 Å². The predicted molar refractivity (Wildman–Crippen MR) is 64.2 cm³/mol. The normalized spacial score (nSPS) is 16.4. The van der Waals surface area contributed by atoms with Gasteiger partial charge >= 0.3 is 0 Å². The zero-order valence-electron chi connectivity index (χ0n) is 9.68. The third kappa shape index (κ3) is 3.03. The first kappa shape index (κ1) is 11.6. The molecule has 0 bridgehead atoms. The Labute approximate surface area is 97.1 Å². The van der Waals surface area contributed by atoms with Crippen LogP contribution in [0.1, 0.15) is 24.8 Å². The van der Waals surface area contributed by atoms with Crippen molar-refractivity contribution in [2.75, 3.05) is 19.7 Å². The van der Waals surface area contributed by atoms with E-state index in [0.29, 0.717) is 6.04 Å². The molecular weight excluding hydrogens is 200 g/mol. The summed E-state index contributed by atoms with van der Waals surface area (Å²) in [5.41, 5.74) is 1.33. The summed E-state index contributed by atoms with van der Waals surface area (Å²) < 4.78 is 0. The van der Waals surface area contributed by atoms with Crippen LogP contribution < -0.4 is 0 Å².